The molecule has 7 heteroatoms. The third-order valence-electron chi connectivity index (χ3n) is 2.83. The summed E-state index contributed by atoms with van der Waals surface area (Å²) < 4.78 is 26.4. The van der Waals surface area contributed by atoms with E-state index in [0.717, 1.165) is 0 Å². The van der Waals surface area contributed by atoms with Crippen LogP contribution in [-0.2, 0) is 0 Å². The maximum Gasteiger partial charge on any atom is 0.230 e. The lowest BCUT2D eigenvalue weighted by Crippen LogP contribution is -2.00. The Morgan fingerprint density at radius 2 is 1.86 bits per heavy atom. The summed E-state index contributed by atoms with van der Waals surface area (Å²) in [5, 5.41) is 2.88. The summed E-state index contributed by atoms with van der Waals surface area (Å²) in [5.74, 6) is -0.316. The first-order valence-corrected chi connectivity index (χ1v) is 6.67. The Morgan fingerprint density at radius 3 is 2.64 bits per heavy atom. The van der Waals surface area contributed by atoms with Gasteiger partial charge in [-0.3, -0.25) is 0 Å². The van der Waals surface area contributed by atoms with Gasteiger partial charge in [0, 0.05) is 11.3 Å². The summed E-state index contributed by atoms with van der Waals surface area (Å²) in [4.78, 5) is 12.2. The van der Waals surface area contributed by atoms with Crippen molar-refractivity contribution in [1.29, 1.82) is 0 Å². The Balaban J connectivity index is 1.89. The van der Waals surface area contributed by atoms with Gasteiger partial charge in [0.1, 0.15) is 18.0 Å². The Labute approximate surface area is 129 Å². The lowest BCUT2D eigenvalue weighted by Gasteiger charge is -2.06. The van der Waals surface area contributed by atoms with Crippen LogP contribution < -0.4 is 5.32 Å². The molecule has 1 aromatic heterocycles. The van der Waals surface area contributed by atoms with Crippen molar-refractivity contribution in [2.75, 3.05) is 5.32 Å². The highest BCUT2D eigenvalue weighted by Crippen LogP contribution is 2.22. The van der Waals surface area contributed by atoms with Crippen molar-refractivity contribution >= 4 is 23.2 Å². The molecule has 110 valence electrons. The molecular formula is C15H9ClF2N4. The molecule has 22 heavy (non-hydrogen) atoms. The first-order chi connectivity index (χ1) is 10.6. The standard InChI is InChI=1S/C15H9ClF2N4/c16-12-7-11(4-5-13(12)18)21-15-20-8-19-14(22-15)9-2-1-3-10(17)6-9/h1-8H,(H,19,20,21,22). The molecule has 0 aliphatic rings. The van der Waals surface area contributed by atoms with Crippen molar-refractivity contribution in [3.05, 3.63) is 65.4 Å². The van der Waals surface area contributed by atoms with Gasteiger partial charge in [0.2, 0.25) is 5.95 Å². The van der Waals surface area contributed by atoms with E-state index < -0.39 is 5.82 Å². The van der Waals surface area contributed by atoms with Crippen LogP contribution in [0.2, 0.25) is 5.02 Å². The maximum atomic E-state index is 13.2. The number of halogens is 3. The van der Waals surface area contributed by atoms with E-state index >= 15 is 0 Å². The molecular weight excluding hydrogens is 310 g/mol. The Morgan fingerprint density at radius 1 is 1.00 bits per heavy atom. The summed E-state index contributed by atoms with van der Waals surface area (Å²) in [6.45, 7) is 0. The van der Waals surface area contributed by atoms with Crippen LogP contribution in [0.25, 0.3) is 11.4 Å². The number of aromatic nitrogens is 3. The highest BCUT2D eigenvalue weighted by molar-refractivity contribution is 6.31. The zero-order chi connectivity index (χ0) is 15.5. The molecule has 0 fully saturated rings. The maximum absolute atomic E-state index is 13.2. The quantitative estimate of drug-likeness (QED) is 0.785. The summed E-state index contributed by atoms with van der Waals surface area (Å²) in [6, 6.07) is 10.1. The molecule has 0 aliphatic heterocycles. The minimum absolute atomic E-state index is 0.00981. The molecule has 0 bridgehead atoms. The molecule has 0 amide bonds. The van der Waals surface area contributed by atoms with Crippen LogP contribution in [0.4, 0.5) is 20.4 Å². The molecule has 0 unspecified atom stereocenters. The smallest absolute Gasteiger partial charge is 0.230 e. The van der Waals surface area contributed by atoms with Crippen molar-refractivity contribution < 1.29 is 8.78 Å². The van der Waals surface area contributed by atoms with E-state index in [1.54, 1.807) is 12.1 Å². The van der Waals surface area contributed by atoms with E-state index in [4.69, 9.17) is 11.6 Å². The van der Waals surface area contributed by atoms with Crippen molar-refractivity contribution in [1.82, 2.24) is 15.0 Å². The van der Waals surface area contributed by atoms with Crippen molar-refractivity contribution in [3.8, 4) is 11.4 Å². The molecule has 1 heterocycles. The second-order valence-electron chi connectivity index (χ2n) is 4.40. The van der Waals surface area contributed by atoms with E-state index in [-0.39, 0.29) is 16.8 Å². The Bertz CT molecular complexity index is 826. The molecule has 3 aromatic rings. The predicted molar refractivity (Wildman–Crippen MR) is 79.9 cm³/mol. The fourth-order valence-corrected chi connectivity index (χ4v) is 2.01. The van der Waals surface area contributed by atoms with E-state index in [9.17, 15) is 8.78 Å². The third kappa shape index (κ3) is 3.17. The number of benzene rings is 2. The predicted octanol–water partition coefficient (Wildman–Crippen LogP) is 4.21. The van der Waals surface area contributed by atoms with Gasteiger partial charge in [-0.15, -0.1) is 0 Å². The average molecular weight is 319 g/mol. The molecule has 0 atom stereocenters. The molecule has 0 aliphatic carbocycles. The number of rotatable bonds is 3. The normalized spacial score (nSPS) is 10.5. The summed E-state index contributed by atoms with van der Waals surface area (Å²) in [6.07, 6.45) is 1.31. The van der Waals surface area contributed by atoms with Crippen molar-refractivity contribution in [3.63, 3.8) is 0 Å². The Kier molecular flexibility index (Phi) is 3.93. The van der Waals surface area contributed by atoms with Gasteiger partial charge >= 0.3 is 0 Å². The monoisotopic (exact) mass is 318 g/mol. The van der Waals surface area contributed by atoms with Crippen LogP contribution in [0.3, 0.4) is 0 Å². The summed E-state index contributed by atoms with van der Waals surface area (Å²) in [7, 11) is 0. The second-order valence-corrected chi connectivity index (χ2v) is 4.80. The van der Waals surface area contributed by atoms with Crippen LogP contribution in [0, 0.1) is 11.6 Å². The van der Waals surface area contributed by atoms with Crippen LogP contribution >= 0.6 is 11.6 Å². The third-order valence-corrected chi connectivity index (χ3v) is 3.12. The molecule has 1 N–H and O–H groups in total. The van der Waals surface area contributed by atoms with Gasteiger partial charge < -0.3 is 5.32 Å². The zero-order valence-electron chi connectivity index (χ0n) is 11.1. The molecule has 0 saturated heterocycles. The van der Waals surface area contributed by atoms with E-state index in [1.165, 1.54) is 36.7 Å². The molecule has 0 radical (unpaired) electrons. The average Bonchev–Trinajstić information content (AvgIpc) is 2.51. The molecule has 0 spiro atoms. The second kappa shape index (κ2) is 6.03. The summed E-state index contributed by atoms with van der Waals surface area (Å²) in [5.41, 5.74) is 1.06. The first kappa shape index (κ1) is 14.3. The van der Waals surface area contributed by atoms with Crippen LogP contribution in [0.15, 0.2) is 48.8 Å². The minimum atomic E-state index is -0.511. The van der Waals surface area contributed by atoms with Gasteiger partial charge in [-0.05, 0) is 30.3 Å². The van der Waals surface area contributed by atoms with Crippen LogP contribution in [-0.4, -0.2) is 15.0 Å². The van der Waals surface area contributed by atoms with Gasteiger partial charge in [-0.1, -0.05) is 23.7 Å². The van der Waals surface area contributed by atoms with Crippen LogP contribution in [0.5, 0.6) is 0 Å². The molecule has 3 rings (SSSR count). The fourth-order valence-electron chi connectivity index (χ4n) is 1.83. The highest BCUT2D eigenvalue weighted by atomic mass is 35.5. The van der Waals surface area contributed by atoms with Gasteiger partial charge in [0.15, 0.2) is 5.82 Å². The lowest BCUT2D eigenvalue weighted by molar-refractivity contribution is 0.628. The number of nitrogens with zero attached hydrogens (tertiary/aromatic N) is 3. The minimum Gasteiger partial charge on any atom is -0.324 e. The van der Waals surface area contributed by atoms with Crippen LogP contribution in [0.1, 0.15) is 0 Å². The number of hydrogen-bond donors (Lipinski definition) is 1. The zero-order valence-corrected chi connectivity index (χ0v) is 11.9. The topological polar surface area (TPSA) is 50.7 Å². The van der Waals surface area contributed by atoms with Crippen molar-refractivity contribution in [2.45, 2.75) is 0 Å². The summed E-state index contributed by atoms with van der Waals surface area (Å²) >= 11 is 5.71. The van der Waals surface area contributed by atoms with E-state index in [1.807, 2.05) is 0 Å². The largest absolute Gasteiger partial charge is 0.324 e. The molecule has 4 nitrogen and oxygen atoms in total. The number of nitrogens with one attached hydrogen (secondary N) is 1. The van der Waals surface area contributed by atoms with E-state index in [0.29, 0.717) is 17.1 Å². The fraction of sp³-hybridized carbons (Fsp3) is 0. The number of anilines is 2. The SMILES string of the molecule is Fc1cccc(-c2ncnc(Nc3ccc(F)c(Cl)c3)n2)c1. The van der Waals surface area contributed by atoms with E-state index in [2.05, 4.69) is 20.3 Å². The number of hydrogen-bond acceptors (Lipinski definition) is 4. The highest BCUT2D eigenvalue weighted by Gasteiger charge is 2.06. The van der Waals surface area contributed by atoms with Gasteiger partial charge in [0.05, 0.1) is 5.02 Å². The van der Waals surface area contributed by atoms with Gasteiger partial charge in [0.25, 0.3) is 0 Å². The van der Waals surface area contributed by atoms with Gasteiger partial charge in [-0.2, -0.15) is 4.98 Å². The van der Waals surface area contributed by atoms with Crippen molar-refractivity contribution in [2.24, 2.45) is 0 Å². The molecule has 2 aromatic carbocycles. The molecule has 0 saturated carbocycles. The lowest BCUT2D eigenvalue weighted by atomic mass is 10.2. The van der Waals surface area contributed by atoms with Gasteiger partial charge in [-0.25, -0.2) is 18.7 Å². The Hall–Kier alpha value is -2.60. The first-order valence-electron chi connectivity index (χ1n) is 6.29.